The van der Waals surface area contributed by atoms with Gasteiger partial charge in [-0.25, -0.2) is 9.97 Å². The smallest absolute Gasteiger partial charge is 0.148 e. The Labute approximate surface area is 187 Å². The number of fused-ring (bicyclic) bond motifs is 1. The maximum atomic E-state index is 5.80. The molecule has 0 aliphatic heterocycles. The van der Waals surface area contributed by atoms with E-state index in [-0.39, 0.29) is 0 Å². The third-order valence-corrected chi connectivity index (χ3v) is 7.29. The average molecular weight is 423 g/mol. The standard InChI is InChI=1S/C26H38N4O/c1-6-21(18-12-19(13-18)27-4)29-26-23(8-3)28-25(22(7-2)30-26)20-14-16-10-9-11-17(16)15-24(20)31-5/h14-15,18-19,21,27H,6-13H2,1-5H3,(H,29,30). The van der Waals surface area contributed by atoms with Gasteiger partial charge in [0, 0.05) is 17.6 Å². The van der Waals surface area contributed by atoms with Crippen LogP contribution in [0.3, 0.4) is 0 Å². The third-order valence-electron chi connectivity index (χ3n) is 7.29. The van der Waals surface area contributed by atoms with E-state index in [0.717, 1.165) is 66.3 Å². The van der Waals surface area contributed by atoms with E-state index in [1.54, 1.807) is 7.11 Å². The Hall–Kier alpha value is -2.14. The number of nitrogens with one attached hydrogen (secondary N) is 2. The first-order valence-electron chi connectivity index (χ1n) is 12.1. The summed E-state index contributed by atoms with van der Waals surface area (Å²) in [6, 6.07) is 5.64. The van der Waals surface area contributed by atoms with Crippen molar-refractivity contribution in [3.63, 3.8) is 0 Å². The fourth-order valence-electron chi connectivity index (χ4n) is 5.24. The van der Waals surface area contributed by atoms with Gasteiger partial charge in [-0.3, -0.25) is 0 Å². The van der Waals surface area contributed by atoms with Gasteiger partial charge in [0.25, 0.3) is 0 Å². The molecule has 1 unspecified atom stereocenters. The molecular formula is C26H38N4O. The molecule has 1 atom stereocenters. The molecule has 168 valence electrons. The van der Waals surface area contributed by atoms with Crippen LogP contribution in [0.5, 0.6) is 5.75 Å². The Kier molecular flexibility index (Phi) is 6.80. The second kappa shape index (κ2) is 9.56. The van der Waals surface area contributed by atoms with Gasteiger partial charge in [-0.15, -0.1) is 0 Å². The highest BCUT2D eigenvalue weighted by Crippen LogP contribution is 2.38. The summed E-state index contributed by atoms with van der Waals surface area (Å²) in [5, 5.41) is 7.19. The lowest BCUT2D eigenvalue weighted by molar-refractivity contribution is 0.203. The SMILES string of the molecule is CCc1nc(-c2cc3c(cc2OC)CCC3)c(CC)nc1NC(CC)C1CC(NC)C1. The minimum atomic E-state index is 0.453. The van der Waals surface area contributed by atoms with Crippen LogP contribution in [0.2, 0.25) is 0 Å². The second-order valence-electron chi connectivity index (χ2n) is 9.07. The summed E-state index contributed by atoms with van der Waals surface area (Å²) in [5.74, 6) is 2.60. The maximum Gasteiger partial charge on any atom is 0.148 e. The van der Waals surface area contributed by atoms with Crippen molar-refractivity contribution in [2.75, 3.05) is 19.5 Å². The number of ether oxygens (including phenoxy) is 1. The van der Waals surface area contributed by atoms with E-state index in [0.29, 0.717) is 18.0 Å². The first-order valence-corrected chi connectivity index (χ1v) is 12.1. The highest BCUT2D eigenvalue weighted by molar-refractivity contribution is 5.72. The monoisotopic (exact) mass is 422 g/mol. The predicted molar refractivity (Wildman–Crippen MR) is 128 cm³/mol. The largest absolute Gasteiger partial charge is 0.496 e. The van der Waals surface area contributed by atoms with Crippen LogP contribution < -0.4 is 15.4 Å². The molecule has 5 heteroatoms. The molecule has 0 radical (unpaired) electrons. The summed E-state index contributed by atoms with van der Waals surface area (Å²) in [5.41, 5.74) is 7.05. The van der Waals surface area contributed by atoms with Crippen molar-refractivity contribution < 1.29 is 4.74 Å². The molecular weight excluding hydrogens is 384 g/mol. The number of benzene rings is 1. The summed E-state index contributed by atoms with van der Waals surface area (Å²) in [7, 11) is 3.83. The highest BCUT2D eigenvalue weighted by atomic mass is 16.5. The predicted octanol–water partition coefficient (Wildman–Crippen LogP) is 4.95. The van der Waals surface area contributed by atoms with E-state index in [1.807, 2.05) is 0 Å². The van der Waals surface area contributed by atoms with Gasteiger partial charge in [0.1, 0.15) is 11.6 Å². The van der Waals surface area contributed by atoms with Crippen molar-refractivity contribution in [1.29, 1.82) is 0 Å². The Morgan fingerprint density at radius 2 is 1.74 bits per heavy atom. The number of rotatable bonds is 9. The summed E-state index contributed by atoms with van der Waals surface area (Å²) in [6.07, 6.45) is 8.82. The molecule has 1 aromatic heterocycles. The molecule has 1 saturated carbocycles. The third kappa shape index (κ3) is 4.30. The van der Waals surface area contributed by atoms with Crippen molar-refractivity contribution in [1.82, 2.24) is 15.3 Å². The van der Waals surface area contributed by atoms with E-state index in [4.69, 9.17) is 14.7 Å². The summed E-state index contributed by atoms with van der Waals surface area (Å²) >= 11 is 0. The van der Waals surface area contributed by atoms with Gasteiger partial charge in [0.05, 0.1) is 24.2 Å². The molecule has 1 heterocycles. The number of hydrogen-bond acceptors (Lipinski definition) is 5. The van der Waals surface area contributed by atoms with Gasteiger partial charge in [-0.2, -0.15) is 0 Å². The fourth-order valence-corrected chi connectivity index (χ4v) is 5.24. The Morgan fingerprint density at radius 1 is 1.03 bits per heavy atom. The lowest BCUT2D eigenvalue weighted by Gasteiger charge is -2.40. The van der Waals surface area contributed by atoms with E-state index in [2.05, 4.69) is 50.6 Å². The van der Waals surface area contributed by atoms with Crippen LogP contribution in [0.25, 0.3) is 11.3 Å². The molecule has 0 saturated heterocycles. The quantitative estimate of drug-likeness (QED) is 0.598. The zero-order valence-electron chi connectivity index (χ0n) is 19.8. The molecule has 0 spiro atoms. The van der Waals surface area contributed by atoms with E-state index in [9.17, 15) is 0 Å². The maximum absolute atomic E-state index is 5.80. The van der Waals surface area contributed by atoms with Gasteiger partial charge in [-0.1, -0.05) is 20.8 Å². The molecule has 2 aromatic rings. The molecule has 0 bridgehead atoms. The van der Waals surface area contributed by atoms with Gasteiger partial charge in [-0.05, 0) is 87.6 Å². The Bertz CT molecular complexity index is 920. The summed E-state index contributed by atoms with van der Waals surface area (Å²) < 4.78 is 5.80. The normalized spacial score (nSPS) is 20.8. The molecule has 2 aliphatic rings. The second-order valence-corrected chi connectivity index (χ2v) is 9.07. The topological polar surface area (TPSA) is 59.1 Å². The first kappa shape index (κ1) is 22.1. The van der Waals surface area contributed by atoms with Crippen molar-refractivity contribution >= 4 is 5.82 Å². The number of methoxy groups -OCH3 is 1. The zero-order chi connectivity index (χ0) is 22.0. The van der Waals surface area contributed by atoms with Crippen molar-refractivity contribution in [3.8, 4) is 17.0 Å². The number of hydrogen-bond donors (Lipinski definition) is 2. The average Bonchev–Trinajstić information content (AvgIpc) is 3.23. The van der Waals surface area contributed by atoms with E-state index in [1.165, 1.54) is 30.4 Å². The van der Waals surface area contributed by atoms with E-state index >= 15 is 0 Å². The van der Waals surface area contributed by atoms with Crippen molar-refractivity contribution in [2.45, 2.75) is 84.2 Å². The molecule has 2 N–H and O–H groups in total. The molecule has 1 aromatic carbocycles. The summed E-state index contributed by atoms with van der Waals surface area (Å²) in [4.78, 5) is 10.3. The van der Waals surface area contributed by atoms with Crippen molar-refractivity contribution in [2.24, 2.45) is 5.92 Å². The van der Waals surface area contributed by atoms with Gasteiger partial charge in [0.15, 0.2) is 0 Å². The lowest BCUT2D eigenvalue weighted by Crippen LogP contribution is -2.46. The van der Waals surface area contributed by atoms with Crippen LogP contribution in [0.15, 0.2) is 12.1 Å². The van der Waals surface area contributed by atoms with Gasteiger partial charge >= 0.3 is 0 Å². The molecule has 1 fully saturated rings. The minimum absolute atomic E-state index is 0.453. The van der Waals surface area contributed by atoms with Crippen LogP contribution in [-0.2, 0) is 25.7 Å². The van der Waals surface area contributed by atoms with Gasteiger partial charge in [0.2, 0.25) is 0 Å². The number of aryl methyl sites for hydroxylation is 4. The number of nitrogens with zero attached hydrogens (tertiary/aromatic N) is 2. The molecule has 4 rings (SSSR count). The first-order chi connectivity index (χ1) is 15.1. The summed E-state index contributed by atoms with van der Waals surface area (Å²) in [6.45, 7) is 6.61. The van der Waals surface area contributed by atoms with Gasteiger partial charge < -0.3 is 15.4 Å². The Balaban J connectivity index is 1.69. The molecule has 2 aliphatic carbocycles. The molecule has 5 nitrogen and oxygen atoms in total. The van der Waals surface area contributed by atoms with Crippen LogP contribution in [0.1, 0.15) is 69.0 Å². The van der Waals surface area contributed by atoms with Crippen LogP contribution in [-0.4, -0.2) is 36.2 Å². The number of anilines is 1. The number of aromatic nitrogens is 2. The molecule has 0 amide bonds. The van der Waals surface area contributed by atoms with Crippen molar-refractivity contribution in [3.05, 3.63) is 34.6 Å². The van der Waals surface area contributed by atoms with E-state index < -0.39 is 0 Å². The minimum Gasteiger partial charge on any atom is -0.496 e. The van der Waals surface area contributed by atoms with Crippen LogP contribution >= 0.6 is 0 Å². The highest BCUT2D eigenvalue weighted by Gasteiger charge is 2.34. The van der Waals surface area contributed by atoms with Crippen LogP contribution in [0, 0.1) is 5.92 Å². The molecule has 31 heavy (non-hydrogen) atoms. The van der Waals surface area contributed by atoms with Crippen LogP contribution in [0.4, 0.5) is 5.82 Å². The zero-order valence-corrected chi connectivity index (χ0v) is 19.8. The Morgan fingerprint density at radius 3 is 2.35 bits per heavy atom. The lowest BCUT2D eigenvalue weighted by atomic mass is 9.75. The fraction of sp³-hybridized carbons (Fsp3) is 0.615.